The predicted octanol–water partition coefficient (Wildman–Crippen LogP) is 5.25. The molecule has 0 radical (unpaired) electrons. The van der Waals surface area contributed by atoms with Gasteiger partial charge in [-0.05, 0) is 31.9 Å². The molecule has 1 unspecified atom stereocenters. The predicted molar refractivity (Wildman–Crippen MR) is 154 cm³/mol. The van der Waals surface area contributed by atoms with Crippen LogP contribution >= 0.6 is 0 Å². The molecule has 9 nitrogen and oxygen atoms in total. The maximum absolute atomic E-state index is 13.4. The second kappa shape index (κ2) is 11.2. The van der Waals surface area contributed by atoms with Crippen LogP contribution in [0, 0.1) is 0 Å². The first-order chi connectivity index (χ1) is 19.6. The van der Waals surface area contributed by atoms with Crippen LogP contribution in [0.3, 0.4) is 0 Å². The maximum atomic E-state index is 13.4. The Hall–Kier alpha value is -4.53. The number of ether oxygens (including phenoxy) is 1. The van der Waals surface area contributed by atoms with Crippen molar-refractivity contribution in [1.29, 1.82) is 0 Å². The van der Waals surface area contributed by atoms with E-state index in [0.717, 1.165) is 22.3 Å². The zero-order valence-corrected chi connectivity index (χ0v) is 23.6. The van der Waals surface area contributed by atoms with E-state index in [1.165, 1.54) is 4.90 Å². The number of urea groups is 1. The van der Waals surface area contributed by atoms with Gasteiger partial charge in [-0.2, -0.15) is 0 Å². The van der Waals surface area contributed by atoms with E-state index >= 15 is 0 Å². The van der Waals surface area contributed by atoms with Crippen molar-refractivity contribution in [3.63, 3.8) is 0 Å². The number of carbonyl (C=O) groups is 3. The van der Waals surface area contributed by atoms with Gasteiger partial charge in [-0.25, -0.2) is 14.4 Å². The van der Waals surface area contributed by atoms with Crippen molar-refractivity contribution in [2.75, 3.05) is 19.6 Å². The van der Waals surface area contributed by atoms with E-state index in [4.69, 9.17) is 4.74 Å². The highest BCUT2D eigenvalue weighted by atomic mass is 16.6. The normalized spacial score (nSPS) is 17.9. The van der Waals surface area contributed by atoms with Gasteiger partial charge in [0.1, 0.15) is 6.04 Å². The Bertz CT molecular complexity index is 1370. The first-order valence-corrected chi connectivity index (χ1v) is 13.8. The van der Waals surface area contributed by atoms with Gasteiger partial charge in [0.25, 0.3) is 0 Å². The average molecular weight is 557 g/mol. The lowest BCUT2D eigenvalue weighted by Gasteiger charge is -2.42. The fourth-order valence-corrected chi connectivity index (χ4v) is 5.74. The molecule has 3 aromatic rings. The summed E-state index contributed by atoms with van der Waals surface area (Å²) < 4.78 is 6.19. The molecule has 0 aromatic heterocycles. The number of carbonyl (C=O) groups excluding carboxylic acids is 2. The Morgan fingerprint density at radius 1 is 0.951 bits per heavy atom. The zero-order valence-electron chi connectivity index (χ0n) is 23.6. The lowest BCUT2D eigenvalue weighted by atomic mass is 9.79. The summed E-state index contributed by atoms with van der Waals surface area (Å²) in [5.74, 6) is 0. The second-order valence-electron chi connectivity index (χ2n) is 11.5. The van der Waals surface area contributed by atoms with Gasteiger partial charge in [0, 0.05) is 49.4 Å². The Kier molecular flexibility index (Phi) is 7.62. The molecule has 0 aliphatic carbocycles. The van der Waals surface area contributed by atoms with Crippen molar-refractivity contribution in [3.05, 3.63) is 107 Å². The summed E-state index contributed by atoms with van der Waals surface area (Å²) in [5.41, 5.74) is 1.85. The Balaban J connectivity index is 1.32. The van der Waals surface area contributed by atoms with Crippen LogP contribution in [0.2, 0.25) is 0 Å². The summed E-state index contributed by atoms with van der Waals surface area (Å²) in [5, 5.41) is 12.7. The molecule has 0 saturated carbocycles. The zero-order chi connectivity index (χ0) is 29.2. The molecule has 9 heteroatoms. The first-order valence-electron chi connectivity index (χ1n) is 13.8. The molecule has 2 saturated heterocycles. The topological polar surface area (TPSA) is 102 Å². The minimum absolute atomic E-state index is 0.230. The van der Waals surface area contributed by atoms with E-state index in [-0.39, 0.29) is 25.2 Å². The van der Waals surface area contributed by atoms with Crippen LogP contribution in [0.5, 0.6) is 0 Å². The molecule has 2 aliphatic rings. The van der Waals surface area contributed by atoms with Gasteiger partial charge in [0.15, 0.2) is 5.60 Å². The number of fused-ring (bicyclic) bond motifs is 1. The van der Waals surface area contributed by atoms with Crippen molar-refractivity contribution in [1.82, 2.24) is 20.0 Å². The second-order valence-corrected chi connectivity index (χ2v) is 11.5. The van der Waals surface area contributed by atoms with E-state index in [9.17, 15) is 19.5 Å². The number of cyclic esters (lactones) is 1. The number of nitrogens with zero attached hydrogens (tertiary/aromatic N) is 3. The molecule has 214 valence electrons. The van der Waals surface area contributed by atoms with Crippen molar-refractivity contribution < 1.29 is 24.2 Å². The number of carboxylic acid groups (broad SMARTS) is 1. The van der Waals surface area contributed by atoms with Gasteiger partial charge in [-0.3, -0.25) is 9.80 Å². The minimum Gasteiger partial charge on any atom is -0.465 e. The number of amides is 4. The van der Waals surface area contributed by atoms with Crippen LogP contribution in [0.15, 0.2) is 84.9 Å². The van der Waals surface area contributed by atoms with Gasteiger partial charge in [-0.1, -0.05) is 84.9 Å². The molecular formula is C32H36N4O5. The summed E-state index contributed by atoms with van der Waals surface area (Å²) in [6.07, 6.45) is -1.36. The molecular weight excluding hydrogens is 520 g/mol. The highest BCUT2D eigenvalue weighted by Gasteiger charge is 2.58. The number of nitrogens with one attached hydrogen (secondary N) is 1. The van der Waals surface area contributed by atoms with Crippen LogP contribution in [-0.2, 0) is 23.4 Å². The molecule has 0 spiro atoms. The number of hydrogen-bond acceptors (Lipinski definition) is 4. The lowest BCUT2D eigenvalue weighted by Crippen LogP contribution is -2.59. The third-order valence-corrected chi connectivity index (χ3v) is 7.84. The van der Waals surface area contributed by atoms with Gasteiger partial charge in [0.2, 0.25) is 0 Å². The van der Waals surface area contributed by atoms with E-state index in [2.05, 4.69) is 5.32 Å². The molecule has 0 bridgehead atoms. The van der Waals surface area contributed by atoms with Crippen molar-refractivity contribution >= 4 is 18.2 Å². The summed E-state index contributed by atoms with van der Waals surface area (Å²) >= 11 is 0. The summed E-state index contributed by atoms with van der Waals surface area (Å²) in [6, 6.07) is 26.3. The van der Waals surface area contributed by atoms with Crippen molar-refractivity contribution in [2.24, 2.45) is 0 Å². The van der Waals surface area contributed by atoms with Crippen LogP contribution in [0.4, 0.5) is 14.4 Å². The molecule has 2 aliphatic heterocycles. The van der Waals surface area contributed by atoms with Crippen LogP contribution in [0.1, 0.15) is 43.0 Å². The van der Waals surface area contributed by atoms with Gasteiger partial charge in [0.05, 0.1) is 0 Å². The lowest BCUT2D eigenvalue weighted by molar-refractivity contribution is 0.0511. The molecule has 3 aromatic carbocycles. The number of benzene rings is 3. The molecule has 4 amide bonds. The smallest absolute Gasteiger partial charge is 0.411 e. The third-order valence-electron chi connectivity index (χ3n) is 7.84. The summed E-state index contributed by atoms with van der Waals surface area (Å²) in [4.78, 5) is 43.1. The fraction of sp³-hybridized carbons (Fsp3) is 0.344. The van der Waals surface area contributed by atoms with E-state index in [1.54, 1.807) is 9.80 Å². The van der Waals surface area contributed by atoms with Gasteiger partial charge in [-0.15, -0.1) is 0 Å². The molecule has 1 atom stereocenters. The van der Waals surface area contributed by atoms with Crippen molar-refractivity contribution in [2.45, 2.75) is 51.0 Å². The van der Waals surface area contributed by atoms with E-state index in [1.807, 2.05) is 106 Å². The molecule has 5 rings (SSSR count). The molecule has 41 heavy (non-hydrogen) atoms. The highest BCUT2D eigenvalue weighted by molar-refractivity contribution is 5.77. The monoisotopic (exact) mass is 556 g/mol. The number of piperazine rings is 1. The molecule has 2 N–H and O–H groups in total. The van der Waals surface area contributed by atoms with Gasteiger partial charge < -0.3 is 20.1 Å². The van der Waals surface area contributed by atoms with Crippen LogP contribution in [0.25, 0.3) is 0 Å². The Labute approximate surface area is 240 Å². The van der Waals surface area contributed by atoms with Gasteiger partial charge >= 0.3 is 18.2 Å². The SMILES string of the molecule is CC(C)(C)N(Cc1cccc(CNC(=O)N2CCN3C(=O)OC(c4ccccc4)(c4ccccc4)C3C2)c1)C(=O)O. The van der Waals surface area contributed by atoms with Crippen LogP contribution < -0.4 is 5.32 Å². The number of hydrogen-bond donors (Lipinski definition) is 2. The van der Waals surface area contributed by atoms with E-state index in [0.29, 0.717) is 19.6 Å². The average Bonchev–Trinajstić information content (AvgIpc) is 3.27. The third kappa shape index (κ3) is 5.57. The molecule has 2 fully saturated rings. The van der Waals surface area contributed by atoms with E-state index < -0.39 is 23.3 Å². The number of rotatable bonds is 6. The largest absolute Gasteiger partial charge is 0.465 e. The molecule has 2 heterocycles. The summed E-state index contributed by atoms with van der Waals surface area (Å²) in [6.45, 7) is 7.18. The fourth-order valence-electron chi connectivity index (χ4n) is 5.74. The highest BCUT2D eigenvalue weighted by Crippen LogP contribution is 2.45. The van der Waals surface area contributed by atoms with Crippen molar-refractivity contribution in [3.8, 4) is 0 Å². The Morgan fingerprint density at radius 3 is 2.15 bits per heavy atom. The Morgan fingerprint density at radius 2 is 1.56 bits per heavy atom. The minimum atomic E-state index is -1.05. The van der Waals surface area contributed by atoms with Crippen LogP contribution in [-0.4, -0.2) is 69.2 Å². The standard InChI is InChI=1S/C32H36N4O5/c1-31(2,3)36(29(38)39)21-24-12-10-11-23(19-24)20-33-28(37)34-17-18-35-27(22-34)32(41-30(35)40,25-13-6-4-7-14-25)26-15-8-5-9-16-26/h4-16,19,27H,17-18,20-22H2,1-3H3,(H,33,37)(H,38,39). The first kappa shape index (κ1) is 28.0. The quantitative estimate of drug-likeness (QED) is 0.432. The summed E-state index contributed by atoms with van der Waals surface area (Å²) in [7, 11) is 0. The maximum Gasteiger partial charge on any atom is 0.411 e.